The van der Waals surface area contributed by atoms with E-state index in [1.807, 2.05) is 0 Å². The normalized spacial score (nSPS) is 14.4. The van der Waals surface area contributed by atoms with Gasteiger partial charge < -0.3 is 15.6 Å². The zero-order valence-corrected chi connectivity index (χ0v) is 12.7. The molecule has 3 N–H and O–H groups in total. The highest BCUT2D eigenvalue weighted by Gasteiger charge is 2.28. The monoisotopic (exact) mass is 339 g/mol. The van der Waals surface area contributed by atoms with E-state index in [4.69, 9.17) is 5.73 Å². The molecule has 0 fully saturated rings. The first-order chi connectivity index (χ1) is 11.3. The highest BCUT2D eigenvalue weighted by molar-refractivity contribution is 5.97. The van der Waals surface area contributed by atoms with Gasteiger partial charge in [-0.15, -0.1) is 0 Å². The third-order valence-corrected chi connectivity index (χ3v) is 3.88. The Morgan fingerprint density at radius 1 is 1.38 bits per heavy atom. The number of anilines is 1. The molecule has 1 aliphatic heterocycles. The number of fused-ring (bicyclic) bond motifs is 1. The van der Waals surface area contributed by atoms with Crippen LogP contribution in [0.5, 0.6) is 0 Å². The van der Waals surface area contributed by atoms with Crippen molar-refractivity contribution in [3.8, 4) is 11.4 Å². The van der Waals surface area contributed by atoms with Gasteiger partial charge in [0.15, 0.2) is 0 Å². The lowest BCUT2D eigenvalue weighted by molar-refractivity contribution is -0.135. The Balaban J connectivity index is 1.99. The molecule has 6 nitrogen and oxygen atoms in total. The zero-order valence-electron chi connectivity index (χ0n) is 12.7. The molecule has 1 amide bonds. The maximum Gasteiger partial charge on any atom is 0.389 e. The number of carbonyl (C=O) groups is 1. The van der Waals surface area contributed by atoms with Crippen molar-refractivity contribution in [2.75, 3.05) is 12.3 Å². The van der Waals surface area contributed by atoms with Gasteiger partial charge in [0.2, 0.25) is 5.95 Å². The Labute approximate surface area is 135 Å². The molecule has 3 heterocycles. The molecule has 3 rings (SSSR count). The number of nitrogen functional groups attached to an aromatic ring is 1. The summed E-state index contributed by atoms with van der Waals surface area (Å²) < 4.78 is 39.1. The molecule has 0 atom stereocenters. The summed E-state index contributed by atoms with van der Waals surface area (Å²) in [6.45, 7) is 0.613. The van der Waals surface area contributed by atoms with Crippen LogP contribution in [-0.2, 0) is 13.0 Å². The fourth-order valence-corrected chi connectivity index (χ4v) is 2.87. The van der Waals surface area contributed by atoms with Crippen molar-refractivity contribution in [1.29, 1.82) is 0 Å². The van der Waals surface area contributed by atoms with Crippen LogP contribution in [0.4, 0.5) is 19.1 Å². The van der Waals surface area contributed by atoms with Crippen LogP contribution in [0.15, 0.2) is 18.3 Å². The second-order valence-corrected chi connectivity index (χ2v) is 5.57. The Kier molecular flexibility index (Phi) is 4.16. The number of hydrogen-bond acceptors (Lipinski definition) is 4. The van der Waals surface area contributed by atoms with Crippen molar-refractivity contribution in [2.45, 2.75) is 32.0 Å². The SMILES string of the molecule is Nc1nccc(-c2cc3c(n2CCCC(F)(F)F)CCNC3=O)n1. The number of hydrogen-bond donors (Lipinski definition) is 2. The van der Waals surface area contributed by atoms with Crippen molar-refractivity contribution in [1.82, 2.24) is 19.9 Å². The molecule has 2 aromatic rings. The molecule has 128 valence electrons. The standard InChI is InChI=1S/C15H16F3N5O/c16-15(17,18)4-1-7-23-11-3-6-20-13(24)9(11)8-12(23)10-2-5-21-14(19)22-10/h2,5,8H,1,3-4,6-7H2,(H,20,24)(H2,19,21,22). The minimum Gasteiger partial charge on any atom is -0.368 e. The van der Waals surface area contributed by atoms with Gasteiger partial charge in [-0.2, -0.15) is 13.2 Å². The molecule has 24 heavy (non-hydrogen) atoms. The van der Waals surface area contributed by atoms with E-state index in [2.05, 4.69) is 15.3 Å². The van der Waals surface area contributed by atoms with E-state index < -0.39 is 12.6 Å². The number of nitrogens with zero attached hydrogens (tertiary/aromatic N) is 3. The number of nitrogens with two attached hydrogens (primary N) is 1. The minimum atomic E-state index is -4.20. The van der Waals surface area contributed by atoms with E-state index >= 15 is 0 Å². The third kappa shape index (κ3) is 3.34. The zero-order chi connectivity index (χ0) is 17.3. The molecule has 0 aliphatic carbocycles. The van der Waals surface area contributed by atoms with Gasteiger partial charge in [0.1, 0.15) is 0 Å². The van der Waals surface area contributed by atoms with Crippen LogP contribution in [0.25, 0.3) is 11.4 Å². The van der Waals surface area contributed by atoms with Gasteiger partial charge in [0.25, 0.3) is 5.91 Å². The number of nitrogens with one attached hydrogen (secondary N) is 1. The molecule has 0 saturated heterocycles. The molecule has 2 aromatic heterocycles. The largest absolute Gasteiger partial charge is 0.389 e. The number of alkyl halides is 3. The summed E-state index contributed by atoms with van der Waals surface area (Å²) in [6, 6.07) is 3.27. The van der Waals surface area contributed by atoms with Gasteiger partial charge in [-0.1, -0.05) is 0 Å². The molecule has 0 spiro atoms. The van der Waals surface area contributed by atoms with Gasteiger partial charge in [0, 0.05) is 37.8 Å². The molecule has 0 unspecified atom stereocenters. The van der Waals surface area contributed by atoms with Gasteiger partial charge >= 0.3 is 6.18 Å². The van der Waals surface area contributed by atoms with Crippen molar-refractivity contribution in [3.05, 3.63) is 29.6 Å². The second kappa shape index (κ2) is 6.14. The van der Waals surface area contributed by atoms with E-state index in [9.17, 15) is 18.0 Å². The Morgan fingerprint density at radius 2 is 2.17 bits per heavy atom. The maximum absolute atomic E-state index is 12.5. The summed E-state index contributed by atoms with van der Waals surface area (Å²) in [5.74, 6) is -0.160. The lowest BCUT2D eigenvalue weighted by atomic mass is 10.1. The number of amides is 1. The van der Waals surface area contributed by atoms with E-state index in [1.165, 1.54) is 6.20 Å². The summed E-state index contributed by atoms with van der Waals surface area (Å²) in [5, 5.41) is 2.73. The van der Waals surface area contributed by atoms with Crippen LogP contribution in [-0.4, -0.2) is 33.2 Å². The molecule has 0 aromatic carbocycles. The molecule has 9 heteroatoms. The number of rotatable bonds is 4. The summed E-state index contributed by atoms with van der Waals surface area (Å²) in [5.41, 5.74) is 7.86. The van der Waals surface area contributed by atoms with Crippen LogP contribution in [0.3, 0.4) is 0 Å². The smallest absolute Gasteiger partial charge is 0.368 e. The Hall–Kier alpha value is -2.58. The van der Waals surface area contributed by atoms with Crippen molar-refractivity contribution < 1.29 is 18.0 Å². The lowest BCUT2D eigenvalue weighted by Gasteiger charge is -2.18. The second-order valence-electron chi connectivity index (χ2n) is 5.57. The Bertz CT molecular complexity index is 769. The van der Waals surface area contributed by atoms with Gasteiger partial charge in [-0.05, 0) is 18.6 Å². The van der Waals surface area contributed by atoms with Crippen LogP contribution in [0.2, 0.25) is 0 Å². The van der Waals surface area contributed by atoms with E-state index in [1.54, 1.807) is 16.7 Å². The first-order valence-electron chi connectivity index (χ1n) is 7.51. The van der Waals surface area contributed by atoms with E-state index in [-0.39, 0.29) is 24.8 Å². The quantitative estimate of drug-likeness (QED) is 0.894. The van der Waals surface area contributed by atoms with Gasteiger partial charge in [-0.25, -0.2) is 9.97 Å². The average Bonchev–Trinajstić information content (AvgIpc) is 2.86. The molecule has 0 radical (unpaired) electrons. The summed E-state index contributed by atoms with van der Waals surface area (Å²) >= 11 is 0. The summed E-state index contributed by atoms with van der Waals surface area (Å²) in [7, 11) is 0. The highest BCUT2D eigenvalue weighted by atomic mass is 19.4. The third-order valence-electron chi connectivity index (χ3n) is 3.88. The van der Waals surface area contributed by atoms with Crippen molar-refractivity contribution >= 4 is 11.9 Å². The van der Waals surface area contributed by atoms with Crippen molar-refractivity contribution in [3.63, 3.8) is 0 Å². The Morgan fingerprint density at radius 3 is 2.88 bits per heavy atom. The van der Waals surface area contributed by atoms with Gasteiger partial charge in [0.05, 0.1) is 17.0 Å². The lowest BCUT2D eigenvalue weighted by Crippen LogP contribution is -2.32. The predicted octanol–water partition coefficient (Wildman–Crippen LogP) is 2.16. The molecule has 0 saturated carbocycles. The molecular formula is C15H16F3N5O. The van der Waals surface area contributed by atoms with E-state index in [0.717, 1.165) is 5.69 Å². The first-order valence-corrected chi connectivity index (χ1v) is 7.51. The van der Waals surface area contributed by atoms with Crippen LogP contribution < -0.4 is 11.1 Å². The maximum atomic E-state index is 12.5. The molecular weight excluding hydrogens is 323 g/mol. The predicted molar refractivity (Wildman–Crippen MR) is 81.2 cm³/mol. The number of carbonyl (C=O) groups excluding carboxylic acids is 1. The molecule has 0 bridgehead atoms. The molecule has 1 aliphatic rings. The van der Waals surface area contributed by atoms with E-state index in [0.29, 0.717) is 29.9 Å². The van der Waals surface area contributed by atoms with Crippen LogP contribution >= 0.6 is 0 Å². The highest BCUT2D eigenvalue weighted by Crippen LogP contribution is 2.29. The fourth-order valence-electron chi connectivity index (χ4n) is 2.87. The number of halogens is 3. The number of aromatic nitrogens is 3. The average molecular weight is 339 g/mol. The fraction of sp³-hybridized carbons (Fsp3) is 0.400. The van der Waals surface area contributed by atoms with Gasteiger partial charge in [-0.3, -0.25) is 4.79 Å². The van der Waals surface area contributed by atoms with Crippen LogP contribution in [0, 0.1) is 0 Å². The minimum absolute atomic E-state index is 0.0676. The summed E-state index contributed by atoms with van der Waals surface area (Å²) in [4.78, 5) is 20.0. The van der Waals surface area contributed by atoms with Crippen molar-refractivity contribution in [2.24, 2.45) is 0 Å². The topological polar surface area (TPSA) is 85.8 Å². The van der Waals surface area contributed by atoms with Crippen LogP contribution in [0.1, 0.15) is 28.9 Å². The first kappa shape index (κ1) is 16.3. The summed E-state index contributed by atoms with van der Waals surface area (Å²) in [6.07, 6.45) is -3.11.